The summed E-state index contributed by atoms with van der Waals surface area (Å²) in [5.41, 5.74) is 3.42. The first-order valence-corrected chi connectivity index (χ1v) is 8.74. The van der Waals surface area contributed by atoms with Crippen LogP contribution in [0.15, 0.2) is 48.7 Å². The van der Waals surface area contributed by atoms with Gasteiger partial charge in [-0.1, -0.05) is 35.9 Å². The van der Waals surface area contributed by atoms with Crippen LogP contribution in [-0.4, -0.2) is 53.5 Å². The number of ether oxygens (including phenoxy) is 1. The van der Waals surface area contributed by atoms with E-state index in [1.807, 2.05) is 23.1 Å². The summed E-state index contributed by atoms with van der Waals surface area (Å²) in [6, 6.07) is 14.3. The average molecular weight is 339 g/mol. The molecule has 0 N–H and O–H groups in total. The van der Waals surface area contributed by atoms with Crippen molar-refractivity contribution in [2.45, 2.75) is 20.0 Å². The van der Waals surface area contributed by atoms with E-state index in [0.717, 1.165) is 12.2 Å². The van der Waals surface area contributed by atoms with Gasteiger partial charge in [0.15, 0.2) is 0 Å². The second-order valence-corrected chi connectivity index (χ2v) is 6.45. The molecule has 0 radical (unpaired) electrons. The maximum Gasteiger partial charge on any atom is 0.236 e. The minimum atomic E-state index is 0.159. The minimum absolute atomic E-state index is 0.159. The van der Waals surface area contributed by atoms with E-state index in [1.165, 1.54) is 11.1 Å². The number of morpholine rings is 1. The summed E-state index contributed by atoms with van der Waals surface area (Å²) < 4.78 is 5.34. The van der Waals surface area contributed by atoms with Gasteiger partial charge in [-0.05, 0) is 24.6 Å². The third-order valence-electron chi connectivity index (χ3n) is 4.32. The number of amides is 1. The van der Waals surface area contributed by atoms with E-state index in [4.69, 9.17) is 4.74 Å². The molecule has 0 atom stereocenters. The van der Waals surface area contributed by atoms with Crippen LogP contribution in [0.2, 0.25) is 0 Å². The Bertz CT molecular complexity index is 684. The monoisotopic (exact) mass is 339 g/mol. The van der Waals surface area contributed by atoms with E-state index in [1.54, 1.807) is 6.20 Å². The van der Waals surface area contributed by atoms with Gasteiger partial charge >= 0.3 is 0 Å². The number of hydrogen-bond donors (Lipinski definition) is 0. The number of aromatic nitrogens is 1. The molecule has 25 heavy (non-hydrogen) atoms. The summed E-state index contributed by atoms with van der Waals surface area (Å²) in [7, 11) is 0. The molecule has 1 aliphatic heterocycles. The first kappa shape index (κ1) is 17.6. The smallest absolute Gasteiger partial charge is 0.236 e. The summed E-state index contributed by atoms with van der Waals surface area (Å²) in [5, 5.41) is 0. The number of nitrogens with zero attached hydrogens (tertiary/aromatic N) is 3. The van der Waals surface area contributed by atoms with Gasteiger partial charge in [0.05, 0.1) is 25.5 Å². The second kappa shape index (κ2) is 8.74. The molecule has 5 heteroatoms. The standard InChI is InChI=1S/C20H25N3O2/c1-17-5-4-6-18(13-17)14-22(15-19-7-2-3-8-21-19)16-20(24)23-9-11-25-12-10-23/h2-8,13H,9-12,14-16H2,1H3. The number of pyridine rings is 1. The van der Waals surface area contributed by atoms with E-state index >= 15 is 0 Å². The van der Waals surface area contributed by atoms with Crippen LogP contribution in [0.1, 0.15) is 16.8 Å². The molecule has 1 aliphatic rings. The van der Waals surface area contributed by atoms with Gasteiger partial charge in [0.1, 0.15) is 0 Å². The van der Waals surface area contributed by atoms with Gasteiger partial charge in [-0.2, -0.15) is 0 Å². The molecular formula is C20H25N3O2. The number of benzene rings is 1. The fourth-order valence-electron chi connectivity index (χ4n) is 3.06. The highest BCUT2D eigenvalue weighted by molar-refractivity contribution is 5.78. The Kier molecular flexibility index (Phi) is 6.14. The fraction of sp³-hybridized carbons (Fsp3) is 0.400. The molecule has 132 valence electrons. The molecule has 1 amide bonds. The van der Waals surface area contributed by atoms with Gasteiger partial charge < -0.3 is 9.64 Å². The van der Waals surface area contributed by atoms with Crippen molar-refractivity contribution in [1.82, 2.24) is 14.8 Å². The normalized spacial score (nSPS) is 14.7. The summed E-state index contributed by atoms with van der Waals surface area (Å²) >= 11 is 0. The van der Waals surface area contributed by atoms with Crippen molar-refractivity contribution in [2.24, 2.45) is 0 Å². The molecule has 1 aromatic carbocycles. The van der Waals surface area contributed by atoms with Gasteiger partial charge in [0.25, 0.3) is 0 Å². The number of carbonyl (C=O) groups excluding carboxylic acids is 1. The largest absolute Gasteiger partial charge is 0.378 e. The number of carbonyl (C=O) groups is 1. The number of hydrogen-bond acceptors (Lipinski definition) is 4. The maximum atomic E-state index is 12.7. The van der Waals surface area contributed by atoms with E-state index < -0.39 is 0 Å². The van der Waals surface area contributed by atoms with Gasteiger partial charge in [0, 0.05) is 32.4 Å². The Morgan fingerprint density at radius 2 is 2.00 bits per heavy atom. The molecular weight excluding hydrogens is 314 g/mol. The highest BCUT2D eigenvalue weighted by atomic mass is 16.5. The molecule has 0 spiro atoms. The van der Waals surface area contributed by atoms with Crippen LogP contribution in [0, 0.1) is 6.92 Å². The van der Waals surface area contributed by atoms with Crippen LogP contribution in [0.25, 0.3) is 0 Å². The predicted molar refractivity (Wildman–Crippen MR) is 96.9 cm³/mol. The third kappa shape index (κ3) is 5.37. The van der Waals surface area contributed by atoms with Gasteiger partial charge in [-0.3, -0.25) is 14.7 Å². The first-order chi connectivity index (χ1) is 12.2. The van der Waals surface area contributed by atoms with E-state index in [2.05, 4.69) is 41.1 Å². The Labute approximate surface area is 149 Å². The molecule has 1 fully saturated rings. The molecule has 2 heterocycles. The number of rotatable bonds is 6. The van der Waals surface area contributed by atoms with Gasteiger partial charge in [0.2, 0.25) is 5.91 Å². The SMILES string of the molecule is Cc1cccc(CN(CC(=O)N2CCOCC2)Cc2ccccn2)c1. The Balaban J connectivity index is 1.70. The van der Waals surface area contributed by atoms with E-state index in [0.29, 0.717) is 39.4 Å². The maximum absolute atomic E-state index is 12.7. The van der Waals surface area contributed by atoms with E-state index in [-0.39, 0.29) is 5.91 Å². The quantitative estimate of drug-likeness (QED) is 0.810. The second-order valence-electron chi connectivity index (χ2n) is 6.45. The first-order valence-electron chi connectivity index (χ1n) is 8.74. The van der Waals surface area contributed by atoms with Crippen LogP contribution in [-0.2, 0) is 22.6 Å². The molecule has 0 bridgehead atoms. The molecule has 5 nitrogen and oxygen atoms in total. The molecule has 0 saturated carbocycles. The zero-order chi connectivity index (χ0) is 17.5. The highest BCUT2D eigenvalue weighted by Crippen LogP contribution is 2.11. The zero-order valence-electron chi connectivity index (χ0n) is 14.7. The summed E-state index contributed by atoms with van der Waals surface area (Å²) in [5.74, 6) is 0.159. The van der Waals surface area contributed by atoms with Crippen LogP contribution < -0.4 is 0 Å². The van der Waals surface area contributed by atoms with Crippen molar-refractivity contribution in [1.29, 1.82) is 0 Å². The van der Waals surface area contributed by atoms with Crippen LogP contribution in [0.5, 0.6) is 0 Å². The molecule has 2 aromatic rings. The topological polar surface area (TPSA) is 45.7 Å². The average Bonchev–Trinajstić information content (AvgIpc) is 2.63. The zero-order valence-corrected chi connectivity index (χ0v) is 14.7. The Hall–Kier alpha value is -2.24. The molecule has 1 aromatic heterocycles. The van der Waals surface area contributed by atoms with Crippen LogP contribution >= 0.6 is 0 Å². The van der Waals surface area contributed by atoms with Crippen LogP contribution in [0.4, 0.5) is 0 Å². The lowest BCUT2D eigenvalue weighted by Gasteiger charge is -2.30. The lowest BCUT2D eigenvalue weighted by atomic mass is 10.1. The molecule has 3 rings (SSSR count). The third-order valence-corrected chi connectivity index (χ3v) is 4.32. The highest BCUT2D eigenvalue weighted by Gasteiger charge is 2.20. The minimum Gasteiger partial charge on any atom is -0.378 e. The Morgan fingerprint density at radius 1 is 1.16 bits per heavy atom. The predicted octanol–water partition coefficient (Wildman–Crippen LogP) is 2.25. The lowest BCUT2D eigenvalue weighted by Crippen LogP contribution is -2.45. The molecule has 0 unspecified atom stereocenters. The van der Waals surface area contributed by atoms with E-state index in [9.17, 15) is 4.79 Å². The van der Waals surface area contributed by atoms with Crippen molar-refractivity contribution in [3.05, 3.63) is 65.5 Å². The van der Waals surface area contributed by atoms with Gasteiger partial charge in [-0.25, -0.2) is 0 Å². The van der Waals surface area contributed by atoms with Crippen molar-refractivity contribution < 1.29 is 9.53 Å². The number of aryl methyl sites for hydroxylation is 1. The van der Waals surface area contributed by atoms with Crippen molar-refractivity contribution in [2.75, 3.05) is 32.8 Å². The Morgan fingerprint density at radius 3 is 2.72 bits per heavy atom. The summed E-state index contributed by atoms with van der Waals surface area (Å²) in [4.78, 5) is 21.1. The van der Waals surface area contributed by atoms with Crippen LogP contribution in [0.3, 0.4) is 0 Å². The van der Waals surface area contributed by atoms with Gasteiger partial charge in [-0.15, -0.1) is 0 Å². The van der Waals surface area contributed by atoms with Crippen molar-refractivity contribution in [3.63, 3.8) is 0 Å². The summed E-state index contributed by atoms with van der Waals surface area (Å²) in [6.45, 7) is 6.49. The molecule has 1 saturated heterocycles. The van der Waals surface area contributed by atoms with Crippen molar-refractivity contribution in [3.8, 4) is 0 Å². The lowest BCUT2D eigenvalue weighted by molar-refractivity contribution is -0.136. The molecule has 0 aliphatic carbocycles. The fourth-order valence-corrected chi connectivity index (χ4v) is 3.06. The summed E-state index contributed by atoms with van der Waals surface area (Å²) in [6.07, 6.45) is 1.80. The van der Waals surface area contributed by atoms with Crippen molar-refractivity contribution >= 4 is 5.91 Å².